The molecule has 1 N–H and O–H groups in total. The number of amides is 2. The minimum Gasteiger partial charge on any atom is -0.484 e. The molecule has 2 amide bonds. The van der Waals surface area contributed by atoms with Gasteiger partial charge >= 0.3 is 0 Å². The number of carbonyl (C=O) groups is 2. The molecular formula is C28H37BrN2O3. The van der Waals surface area contributed by atoms with Gasteiger partial charge in [-0.25, -0.2) is 0 Å². The lowest BCUT2D eigenvalue weighted by molar-refractivity contribution is -0.143. The third kappa shape index (κ3) is 7.08. The van der Waals surface area contributed by atoms with Gasteiger partial charge in [0.15, 0.2) is 6.61 Å². The van der Waals surface area contributed by atoms with E-state index in [1.54, 1.807) is 4.90 Å². The Morgan fingerprint density at radius 1 is 1.06 bits per heavy atom. The van der Waals surface area contributed by atoms with E-state index >= 15 is 0 Å². The van der Waals surface area contributed by atoms with Crippen molar-refractivity contribution in [1.29, 1.82) is 0 Å². The summed E-state index contributed by atoms with van der Waals surface area (Å²) in [6.45, 7) is 8.26. The van der Waals surface area contributed by atoms with Crippen LogP contribution in [0.1, 0.15) is 67.7 Å². The van der Waals surface area contributed by atoms with Crippen LogP contribution < -0.4 is 10.1 Å². The average molecular weight is 530 g/mol. The summed E-state index contributed by atoms with van der Waals surface area (Å²) in [7, 11) is 0. The van der Waals surface area contributed by atoms with Crippen LogP contribution in [0.25, 0.3) is 0 Å². The highest BCUT2D eigenvalue weighted by Gasteiger charge is 2.30. The zero-order chi connectivity index (χ0) is 24.7. The first kappa shape index (κ1) is 26.3. The molecule has 1 unspecified atom stereocenters. The molecule has 0 aliphatic heterocycles. The maximum atomic E-state index is 13.4. The lowest BCUT2D eigenvalue weighted by atomic mass is 9.95. The molecule has 1 atom stereocenters. The maximum absolute atomic E-state index is 13.4. The first-order valence-electron chi connectivity index (χ1n) is 12.3. The summed E-state index contributed by atoms with van der Waals surface area (Å²) in [4.78, 5) is 28.4. The van der Waals surface area contributed by atoms with E-state index in [4.69, 9.17) is 4.74 Å². The highest BCUT2D eigenvalue weighted by molar-refractivity contribution is 9.10. The molecule has 0 spiro atoms. The molecule has 3 rings (SSSR count). The van der Waals surface area contributed by atoms with Gasteiger partial charge in [-0.15, -0.1) is 0 Å². The van der Waals surface area contributed by atoms with Gasteiger partial charge in [-0.05, 0) is 68.9 Å². The van der Waals surface area contributed by atoms with Crippen LogP contribution in [0.15, 0.2) is 40.9 Å². The number of hydrogen-bond acceptors (Lipinski definition) is 3. The Morgan fingerprint density at radius 2 is 1.68 bits per heavy atom. The van der Waals surface area contributed by atoms with Crippen molar-refractivity contribution in [2.45, 2.75) is 84.8 Å². The molecule has 5 nitrogen and oxygen atoms in total. The van der Waals surface area contributed by atoms with Crippen molar-refractivity contribution in [2.24, 2.45) is 0 Å². The summed E-state index contributed by atoms with van der Waals surface area (Å²) < 4.78 is 6.94. The van der Waals surface area contributed by atoms with Gasteiger partial charge < -0.3 is 15.0 Å². The molecule has 1 saturated carbocycles. The quantitative estimate of drug-likeness (QED) is 0.433. The SMILES string of the molecule is CCC(C(=O)NC1CCCCC1)N(Cc1ccc(C)cc1)C(=O)COc1cc(C)c(Br)c(C)c1. The molecular weight excluding hydrogens is 492 g/mol. The first-order chi connectivity index (χ1) is 16.3. The van der Waals surface area contributed by atoms with Crippen molar-refractivity contribution >= 4 is 27.7 Å². The molecule has 1 aliphatic carbocycles. The van der Waals surface area contributed by atoms with Gasteiger partial charge in [-0.2, -0.15) is 0 Å². The fraction of sp³-hybridized carbons (Fsp3) is 0.500. The van der Waals surface area contributed by atoms with Gasteiger partial charge in [0.05, 0.1) is 0 Å². The number of nitrogens with one attached hydrogen (secondary N) is 1. The molecule has 184 valence electrons. The lowest BCUT2D eigenvalue weighted by Crippen LogP contribution is -2.52. The minimum absolute atomic E-state index is 0.0646. The zero-order valence-corrected chi connectivity index (χ0v) is 22.4. The third-order valence-electron chi connectivity index (χ3n) is 6.58. The molecule has 6 heteroatoms. The lowest BCUT2D eigenvalue weighted by Gasteiger charge is -2.32. The van der Waals surface area contributed by atoms with E-state index in [1.807, 2.05) is 64.1 Å². The Balaban J connectivity index is 1.77. The molecule has 0 bridgehead atoms. The van der Waals surface area contributed by atoms with E-state index in [9.17, 15) is 9.59 Å². The number of rotatable bonds is 9. The van der Waals surface area contributed by atoms with Gasteiger partial charge in [-0.3, -0.25) is 9.59 Å². The van der Waals surface area contributed by atoms with Gasteiger partial charge in [0, 0.05) is 17.1 Å². The van der Waals surface area contributed by atoms with Crippen molar-refractivity contribution in [2.75, 3.05) is 6.61 Å². The van der Waals surface area contributed by atoms with Gasteiger partial charge in [-0.1, -0.05) is 71.9 Å². The fourth-order valence-electron chi connectivity index (χ4n) is 4.57. The number of aryl methyl sites for hydroxylation is 3. The molecule has 0 heterocycles. The van der Waals surface area contributed by atoms with Crippen molar-refractivity contribution in [1.82, 2.24) is 10.2 Å². The molecule has 1 fully saturated rings. The number of halogens is 1. The first-order valence-corrected chi connectivity index (χ1v) is 13.1. The average Bonchev–Trinajstić information content (AvgIpc) is 2.82. The van der Waals surface area contributed by atoms with E-state index in [1.165, 1.54) is 6.42 Å². The summed E-state index contributed by atoms with van der Waals surface area (Å²) in [6.07, 6.45) is 6.10. The fourth-order valence-corrected chi connectivity index (χ4v) is 4.80. The Hall–Kier alpha value is -2.34. The topological polar surface area (TPSA) is 58.6 Å². The molecule has 2 aromatic carbocycles. The van der Waals surface area contributed by atoms with Crippen molar-refractivity contribution in [3.8, 4) is 5.75 Å². The normalized spacial score (nSPS) is 15.0. The largest absolute Gasteiger partial charge is 0.484 e. The maximum Gasteiger partial charge on any atom is 0.261 e. The summed E-state index contributed by atoms with van der Waals surface area (Å²) in [5.74, 6) is 0.399. The summed E-state index contributed by atoms with van der Waals surface area (Å²) in [5, 5.41) is 3.22. The molecule has 0 radical (unpaired) electrons. The van der Waals surface area contributed by atoms with Crippen LogP contribution in [0.3, 0.4) is 0 Å². The standard InChI is InChI=1S/C28H37BrN2O3/c1-5-25(28(33)30-23-9-7-6-8-10-23)31(17-22-13-11-19(2)12-14-22)26(32)18-34-24-15-20(3)27(29)21(4)16-24/h11-16,23,25H,5-10,17-18H2,1-4H3,(H,30,33). The van der Waals surface area contributed by atoms with E-state index in [0.29, 0.717) is 18.7 Å². The van der Waals surface area contributed by atoms with Crippen LogP contribution in [-0.2, 0) is 16.1 Å². The van der Waals surface area contributed by atoms with Crippen molar-refractivity contribution in [3.05, 3.63) is 63.1 Å². The van der Waals surface area contributed by atoms with Gasteiger partial charge in [0.1, 0.15) is 11.8 Å². The van der Waals surface area contributed by atoms with E-state index < -0.39 is 6.04 Å². The molecule has 1 aliphatic rings. The van der Waals surface area contributed by atoms with E-state index in [2.05, 4.69) is 21.2 Å². The Morgan fingerprint density at radius 3 is 2.26 bits per heavy atom. The smallest absolute Gasteiger partial charge is 0.261 e. The van der Waals surface area contributed by atoms with Gasteiger partial charge in [0.25, 0.3) is 5.91 Å². The molecule has 0 aromatic heterocycles. The number of carbonyl (C=O) groups excluding carboxylic acids is 2. The zero-order valence-electron chi connectivity index (χ0n) is 20.8. The Bertz CT molecular complexity index is 961. The number of hydrogen-bond donors (Lipinski definition) is 1. The van der Waals surface area contributed by atoms with Crippen molar-refractivity contribution < 1.29 is 14.3 Å². The minimum atomic E-state index is -0.535. The molecule has 0 saturated heterocycles. The predicted molar refractivity (Wildman–Crippen MR) is 140 cm³/mol. The summed E-state index contributed by atoms with van der Waals surface area (Å²) in [6, 6.07) is 11.6. The predicted octanol–water partition coefficient (Wildman–Crippen LogP) is 6.01. The second kappa shape index (κ2) is 12.4. The van der Waals surface area contributed by atoms with Crippen LogP contribution >= 0.6 is 15.9 Å². The summed E-state index contributed by atoms with van der Waals surface area (Å²) in [5.41, 5.74) is 4.26. The van der Waals surface area contributed by atoms with E-state index in [-0.39, 0.29) is 24.5 Å². The van der Waals surface area contributed by atoms with Crippen LogP contribution in [-0.4, -0.2) is 35.4 Å². The molecule has 34 heavy (non-hydrogen) atoms. The Kier molecular flexibility index (Phi) is 9.57. The second-order valence-corrected chi connectivity index (χ2v) is 10.2. The Labute approximate surface area is 212 Å². The molecule has 2 aromatic rings. The summed E-state index contributed by atoms with van der Waals surface area (Å²) >= 11 is 3.57. The van der Waals surface area contributed by atoms with E-state index in [0.717, 1.165) is 52.4 Å². The van der Waals surface area contributed by atoms with Crippen molar-refractivity contribution in [3.63, 3.8) is 0 Å². The highest BCUT2D eigenvalue weighted by Crippen LogP contribution is 2.26. The third-order valence-corrected chi connectivity index (χ3v) is 7.83. The number of benzene rings is 2. The highest BCUT2D eigenvalue weighted by atomic mass is 79.9. The van der Waals surface area contributed by atoms with Gasteiger partial charge in [0.2, 0.25) is 5.91 Å². The van der Waals surface area contributed by atoms with Crippen LogP contribution in [0.4, 0.5) is 0 Å². The monoisotopic (exact) mass is 528 g/mol. The second-order valence-electron chi connectivity index (χ2n) is 9.43. The van der Waals surface area contributed by atoms with Crippen LogP contribution in [0.5, 0.6) is 5.75 Å². The van der Waals surface area contributed by atoms with Crippen LogP contribution in [0, 0.1) is 20.8 Å². The van der Waals surface area contributed by atoms with Crippen LogP contribution in [0.2, 0.25) is 0 Å². The number of nitrogens with zero attached hydrogens (tertiary/aromatic N) is 1. The number of ether oxygens (including phenoxy) is 1.